The van der Waals surface area contributed by atoms with Crippen LogP contribution in [0.4, 0.5) is 14.5 Å². The summed E-state index contributed by atoms with van der Waals surface area (Å²) in [6, 6.07) is 6.57. The molecule has 0 heterocycles. The molecule has 0 radical (unpaired) electrons. The van der Waals surface area contributed by atoms with Gasteiger partial charge in [-0.25, -0.2) is 8.42 Å². The number of benzene rings is 1. The zero-order valence-corrected chi connectivity index (χ0v) is 12.9. The van der Waals surface area contributed by atoms with Crippen molar-refractivity contribution in [2.75, 3.05) is 18.9 Å². The molecule has 0 bridgehead atoms. The maximum Gasteiger partial charge on any atom is 0.341 e. The number of hydrogen-bond donors (Lipinski definition) is 1. The summed E-state index contributed by atoms with van der Waals surface area (Å²) in [7, 11) is -2.57. The number of alkyl halides is 2. The lowest BCUT2D eigenvalue weighted by molar-refractivity contribution is 0.235. The Labute approximate surface area is 124 Å². The predicted octanol–water partition coefficient (Wildman–Crippen LogP) is 2.58. The number of para-hydroxylation sites is 1. The quantitative estimate of drug-likeness (QED) is 0.839. The SMILES string of the molecule is CC(CNc1ccccc1S(=O)(=O)C(F)F)N(C)C1CC1. The average molecular weight is 318 g/mol. The summed E-state index contributed by atoms with van der Waals surface area (Å²) in [5, 5.41) is 2.98. The third kappa shape index (κ3) is 3.71. The second-order valence-corrected chi connectivity index (χ2v) is 7.31. The van der Waals surface area contributed by atoms with Crippen molar-refractivity contribution in [2.45, 2.75) is 42.5 Å². The molecule has 0 saturated heterocycles. The molecule has 1 aromatic rings. The van der Waals surface area contributed by atoms with Crippen molar-refractivity contribution in [3.8, 4) is 0 Å². The van der Waals surface area contributed by atoms with E-state index in [2.05, 4.69) is 10.2 Å². The fraction of sp³-hybridized carbons (Fsp3) is 0.571. The molecule has 7 heteroatoms. The van der Waals surface area contributed by atoms with Gasteiger partial charge in [-0.05, 0) is 38.9 Å². The molecule has 1 saturated carbocycles. The van der Waals surface area contributed by atoms with E-state index in [1.165, 1.54) is 31.0 Å². The van der Waals surface area contributed by atoms with E-state index in [-0.39, 0.29) is 16.6 Å². The van der Waals surface area contributed by atoms with Crippen LogP contribution in [0.2, 0.25) is 0 Å². The van der Waals surface area contributed by atoms with E-state index in [0.29, 0.717) is 12.6 Å². The summed E-state index contributed by atoms with van der Waals surface area (Å²) < 4.78 is 48.7. The molecule has 0 aliphatic heterocycles. The molecule has 0 spiro atoms. The molecule has 1 unspecified atom stereocenters. The van der Waals surface area contributed by atoms with E-state index in [1.54, 1.807) is 6.07 Å². The van der Waals surface area contributed by atoms with Gasteiger partial charge in [0.25, 0.3) is 0 Å². The minimum absolute atomic E-state index is 0.194. The highest BCUT2D eigenvalue weighted by atomic mass is 32.2. The number of hydrogen-bond acceptors (Lipinski definition) is 4. The third-order valence-corrected chi connectivity index (χ3v) is 5.27. The van der Waals surface area contributed by atoms with Crippen LogP contribution < -0.4 is 5.32 Å². The van der Waals surface area contributed by atoms with Crippen molar-refractivity contribution in [2.24, 2.45) is 0 Å². The topological polar surface area (TPSA) is 49.4 Å². The van der Waals surface area contributed by atoms with E-state index in [0.717, 1.165) is 0 Å². The molecule has 1 fully saturated rings. The maximum atomic E-state index is 12.7. The monoisotopic (exact) mass is 318 g/mol. The molecule has 1 aromatic carbocycles. The van der Waals surface area contributed by atoms with Crippen molar-refractivity contribution in [1.29, 1.82) is 0 Å². The molecule has 21 heavy (non-hydrogen) atoms. The van der Waals surface area contributed by atoms with Gasteiger partial charge >= 0.3 is 5.76 Å². The van der Waals surface area contributed by atoms with Crippen LogP contribution in [0.5, 0.6) is 0 Å². The first kappa shape index (κ1) is 16.2. The normalized spacial score (nSPS) is 17.2. The smallest absolute Gasteiger partial charge is 0.341 e. The fourth-order valence-electron chi connectivity index (χ4n) is 2.20. The Balaban J connectivity index is 2.10. The molecule has 0 aromatic heterocycles. The largest absolute Gasteiger partial charge is 0.382 e. The standard InChI is InChI=1S/C14H20F2N2O2S/c1-10(18(2)11-7-8-11)9-17-12-5-3-4-6-13(12)21(19,20)14(15)16/h3-6,10-11,14,17H,7-9H2,1-2H3. The second kappa shape index (κ2) is 6.27. The van der Waals surface area contributed by atoms with Crippen molar-refractivity contribution in [3.05, 3.63) is 24.3 Å². The van der Waals surface area contributed by atoms with Crippen molar-refractivity contribution < 1.29 is 17.2 Å². The highest BCUT2D eigenvalue weighted by Crippen LogP contribution is 2.28. The van der Waals surface area contributed by atoms with Crippen LogP contribution in [0.3, 0.4) is 0 Å². The van der Waals surface area contributed by atoms with Crippen LogP contribution in [0.1, 0.15) is 19.8 Å². The summed E-state index contributed by atoms with van der Waals surface area (Å²) >= 11 is 0. The summed E-state index contributed by atoms with van der Waals surface area (Å²) in [5.41, 5.74) is 0.230. The molecular formula is C14H20F2N2O2S. The molecule has 1 aliphatic carbocycles. The summed E-state index contributed by atoms with van der Waals surface area (Å²) in [5.74, 6) is -3.41. The predicted molar refractivity (Wildman–Crippen MR) is 78.4 cm³/mol. The van der Waals surface area contributed by atoms with Crippen LogP contribution in [0, 0.1) is 0 Å². The second-order valence-electron chi connectivity index (χ2n) is 5.43. The van der Waals surface area contributed by atoms with Crippen LogP contribution in [0.15, 0.2) is 29.2 Å². The number of rotatable bonds is 7. The number of likely N-dealkylation sites (N-methyl/N-ethyl adjacent to an activating group) is 1. The minimum Gasteiger partial charge on any atom is -0.382 e. The Bertz CT molecular complexity index is 588. The number of nitrogens with zero attached hydrogens (tertiary/aromatic N) is 1. The zero-order chi connectivity index (χ0) is 15.6. The number of anilines is 1. The Morgan fingerprint density at radius 2 is 1.95 bits per heavy atom. The summed E-state index contributed by atoms with van der Waals surface area (Å²) in [4.78, 5) is 1.87. The third-order valence-electron chi connectivity index (χ3n) is 3.83. The van der Waals surface area contributed by atoms with Gasteiger partial charge in [0.2, 0.25) is 9.84 Å². The maximum absolute atomic E-state index is 12.7. The highest BCUT2D eigenvalue weighted by molar-refractivity contribution is 7.91. The molecule has 2 rings (SSSR count). The Morgan fingerprint density at radius 1 is 1.33 bits per heavy atom. The first-order valence-electron chi connectivity index (χ1n) is 6.91. The number of halogens is 2. The van der Waals surface area contributed by atoms with Crippen molar-refractivity contribution in [1.82, 2.24) is 4.90 Å². The van der Waals surface area contributed by atoms with Crippen molar-refractivity contribution in [3.63, 3.8) is 0 Å². The average Bonchev–Trinajstić information content (AvgIpc) is 3.28. The van der Waals surface area contributed by atoms with E-state index >= 15 is 0 Å². The molecule has 1 atom stereocenters. The zero-order valence-electron chi connectivity index (χ0n) is 12.1. The van der Waals surface area contributed by atoms with Gasteiger partial charge in [0.1, 0.15) is 0 Å². The van der Waals surface area contributed by atoms with E-state index in [1.807, 2.05) is 14.0 Å². The summed E-state index contributed by atoms with van der Waals surface area (Å²) in [6.45, 7) is 2.53. The van der Waals surface area contributed by atoms with E-state index < -0.39 is 15.6 Å². The van der Waals surface area contributed by atoms with Crippen LogP contribution in [-0.2, 0) is 9.84 Å². The highest BCUT2D eigenvalue weighted by Gasteiger charge is 2.30. The van der Waals surface area contributed by atoms with Gasteiger partial charge in [0, 0.05) is 18.6 Å². The van der Waals surface area contributed by atoms with Crippen LogP contribution in [-0.4, -0.2) is 44.8 Å². The Morgan fingerprint density at radius 3 is 2.52 bits per heavy atom. The lowest BCUT2D eigenvalue weighted by atomic mass is 10.2. The molecular weight excluding hydrogens is 298 g/mol. The number of nitrogens with one attached hydrogen (secondary N) is 1. The van der Waals surface area contributed by atoms with Gasteiger partial charge in [-0.2, -0.15) is 8.78 Å². The Hall–Kier alpha value is -1.21. The lowest BCUT2D eigenvalue weighted by Crippen LogP contribution is -2.36. The first-order valence-corrected chi connectivity index (χ1v) is 8.45. The molecule has 1 N–H and O–H groups in total. The lowest BCUT2D eigenvalue weighted by Gasteiger charge is -2.25. The van der Waals surface area contributed by atoms with Crippen molar-refractivity contribution >= 4 is 15.5 Å². The van der Waals surface area contributed by atoms with Gasteiger partial charge in [-0.3, -0.25) is 4.90 Å². The Kier molecular flexibility index (Phi) is 4.83. The van der Waals surface area contributed by atoms with E-state index in [9.17, 15) is 17.2 Å². The van der Waals surface area contributed by atoms with E-state index in [4.69, 9.17) is 0 Å². The van der Waals surface area contributed by atoms with Gasteiger partial charge in [0.15, 0.2) is 0 Å². The van der Waals surface area contributed by atoms with Gasteiger partial charge in [-0.1, -0.05) is 12.1 Å². The molecule has 4 nitrogen and oxygen atoms in total. The minimum atomic E-state index is -4.59. The van der Waals surface area contributed by atoms with Crippen LogP contribution >= 0.6 is 0 Å². The van der Waals surface area contributed by atoms with Gasteiger partial charge < -0.3 is 5.32 Å². The fourth-order valence-corrected chi connectivity index (χ4v) is 3.11. The molecule has 1 aliphatic rings. The van der Waals surface area contributed by atoms with Crippen LogP contribution in [0.25, 0.3) is 0 Å². The summed E-state index contributed by atoms with van der Waals surface area (Å²) in [6.07, 6.45) is 2.36. The van der Waals surface area contributed by atoms with Gasteiger partial charge in [-0.15, -0.1) is 0 Å². The number of sulfone groups is 1. The molecule has 0 amide bonds. The molecule has 118 valence electrons. The van der Waals surface area contributed by atoms with Gasteiger partial charge in [0.05, 0.1) is 10.6 Å². The first-order chi connectivity index (χ1) is 9.84.